The summed E-state index contributed by atoms with van der Waals surface area (Å²) in [4.78, 5) is 17.6. The number of anilines is 1. The van der Waals surface area contributed by atoms with Gasteiger partial charge in [0.25, 0.3) is 0 Å². The van der Waals surface area contributed by atoms with Crippen LogP contribution in [-0.2, 0) is 4.74 Å². The van der Waals surface area contributed by atoms with Gasteiger partial charge in [0.15, 0.2) is 0 Å². The molecule has 0 bridgehead atoms. The Morgan fingerprint density at radius 1 is 1.65 bits per heavy atom. The summed E-state index contributed by atoms with van der Waals surface area (Å²) in [7, 11) is 1.65. The zero-order valence-corrected chi connectivity index (χ0v) is 12.4. The lowest BCUT2D eigenvalue weighted by Gasteiger charge is -2.30. The molecule has 1 unspecified atom stereocenters. The predicted molar refractivity (Wildman–Crippen MR) is 77.6 cm³/mol. The maximum absolute atomic E-state index is 11.2. The Kier molecular flexibility index (Phi) is 4.83. The number of pyridine rings is 1. The van der Waals surface area contributed by atoms with Crippen LogP contribution < -0.4 is 4.90 Å². The average Bonchev–Trinajstić information content (AvgIpc) is 3.24. The van der Waals surface area contributed by atoms with E-state index in [1.807, 2.05) is 0 Å². The van der Waals surface area contributed by atoms with Crippen LogP contribution >= 0.6 is 11.6 Å². The fraction of sp³-hybridized carbons (Fsp3) is 0.571. The number of carbonyl (C=O) groups is 1. The lowest BCUT2D eigenvalue weighted by molar-refractivity contribution is 0.0697. The highest BCUT2D eigenvalue weighted by Gasteiger charge is 2.32. The van der Waals surface area contributed by atoms with E-state index in [9.17, 15) is 4.79 Å². The Morgan fingerprint density at radius 3 is 2.90 bits per heavy atom. The number of methoxy groups -OCH3 is 1. The molecule has 1 aliphatic carbocycles. The molecule has 1 aliphatic rings. The van der Waals surface area contributed by atoms with Crippen LogP contribution in [0.3, 0.4) is 0 Å². The Hall–Kier alpha value is -1.33. The van der Waals surface area contributed by atoms with Gasteiger partial charge in [-0.25, -0.2) is 9.78 Å². The van der Waals surface area contributed by atoms with E-state index < -0.39 is 5.97 Å². The number of ether oxygens (including phenoxy) is 1. The van der Waals surface area contributed by atoms with Crippen LogP contribution in [0.1, 0.15) is 30.1 Å². The van der Waals surface area contributed by atoms with Gasteiger partial charge >= 0.3 is 5.97 Å². The number of carboxylic acid groups (broad SMARTS) is 1. The van der Waals surface area contributed by atoms with Gasteiger partial charge in [-0.05, 0) is 31.7 Å². The van der Waals surface area contributed by atoms with E-state index in [0.29, 0.717) is 30.9 Å². The SMILES string of the molecule is COCCN(c1cc(C(=O)O)c(Cl)cn1)C(C)C1CC1. The molecule has 5 nitrogen and oxygen atoms in total. The van der Waals surface area contributed by atoms with E-state index in [4.69, 9.17) is 21.4 Å². The number of hydrogen-bond acceptors (Lipinski definition) is 4. The molecule has 1 atom stereocenters. The number of nitrogens with zero attached hydrogens (tertiary/aromatic N) is 2. The average molecular weight is 299 g/mol. The van der Waals surface area contributed by atoms with Gasteiger partial charge in [-0.3, -0.25) is 0 Å². The molecule has 0 aromatic carbocycles. The minimum absolute atomic E-state index is 0.0853. The maximum Gasteiger partial charge on any atom is 0.337 e. The molecule has 1 aromatic heterocycles. The number of rotatable bonds is 7. The van der Waals surface area contributed by atoms with Crippen LogP contribution in [-0.4, -0.2) is 42.4 Å². The van der Waals surface area contributed by atoms with E-state index in [0.717, 1.165) is 0 Å². The summed E-state index contributed by atoms with van der Waals surface area (Å²) in [6, 6.07) is 1.86. The third kappa shape index (κ3) is 3.41. The summed E-state index contributed by atoms with van der Waals surface area (Å²) in [5.74, 6) is 0.255. The van der Waals surface area contributed by atoms with Crippen molar-refractivity contribution in [1.29, 1.82) is 0 Å². The van der Waals surface area contributed by atoms with Gasteiger partial charge in [0.1, 0.15) is 5.82 Å². The van der Waals surface area contributed by atoms with Crippen LogP contribution in [0.2, 0.25) is 5.02 Å². The second-order valence-electron chi connectivity index (χ2n) is 5.09. The van der Waals surface area contributed by atoms with E-state index in [1.54, 1.807) is 13.2 Å². The van der Waals surface area contributed by atoms with Gasteiger partial charge in [-0.15, -0.1) is 0 Å². The summed E-state index contributed by atoms with van der Waals surface area (Å²) >= 11 is 5.87. The molecule has 0 aliphatic heterocycles. The fourth-order valence-electron chi connectivity index (χ4n) is 2.30. The highest BCUT2D eigenvalue weighted by atomic mass is 35.5. The first-order chi connectivity index (χ1) is 9.54. The molecule has 2 rings (SSSR count). The van der Waals surface area contributed by atoms with Gasteiger partial charge in [0.05, 0.1) is 17.2 Å². The summed E-state index contributed by atoms with van der Waals surface area (Å²) in [6.45, 7) is 3.40. The summed E-state index contributed by atoms with van der Waals surface area (Å²) in [5.41, 5.74) is 0.0853. The molecule has 0 radical (unpaired) electrons. The van der Waals surface area contributed by atoms with Gasteiger partial charge in [0, 0.05) is 25.9 Å². The number of aromatic nitrogens is 1. The fourth-order valence-corrected chi connectivity index (χ4v) is 2.48. The van der Waals surface area contributed by atoms with Gasteiger partial charge in [-0.2, -0.15) is 0 Å². The number of hydrogen-bond donors (Lipinski definition) is 1. The van der Waals surface area contributed by atoms with E-state index in [1.165, 1.54) is 19.0 Å². The van der Waals surface area contributed by atoms with Crippen LogP contribution in [0.4, 0.5) is 5.82 Å². The number of carboxylic acids is 1. The Balaban J connectivity index is 2.27. The third-order valence-electron chi connectivity index (χ3n) is 3.70. The molecular weight excluding hydrogens is 280 g/mol. The molecule has 1 aromatic rings. The van der Waals surface area contributed by atoms with Crippen molar-refractivity contribution in [2.45, 2.75) is 25.8 Å². The molecule has 0 spiro atoms. The van der Waals surface area contributed by atoms with E-state index >= 15 is 0 Å². The lowest BCUT2D eigenvalue weighted by Crippen LogP contribution is -2.38. The lowest BCUT2D eigenvalue weighted by atomic mass is 10.1. The minimum Gasteiger partial charge on any atom is -0.478 e. The largest absolute Gasteiger partial charge is 0.478 e. The molecule has 1 N–H and O–H groups in total. The molecule has 0 saturated heterocycles. The van der Waals surface area contributed by atoms with E-state index in [-0.39, 0.29) is 10.6 Å². The zero-order chi connectivity index (χ0) is 14.7. The monoisotopic (exact) mass is 298 g/mol. The molecule has 1 saturated carbocycles. The van der Waals surface area contributed by atoms with Crippen LogP contribution in [0.25, 0.3) is 0 Å². The topological polar surface area (TPSA) is 62.7 Å². The highest BCUT2D eigenvalue weighted by molar-refractivity contribution is 6.33. The van der Waals surface area contributed by atoms with E-state index in [2.05, 4.69) is 16.8 Å². The smallest absolute Gasteiger partial charge is 0.337 e. The van der Waals surface area contributed by atoms with Crippen molar-refractivity contribution >= 4 is 23.4 Å². The Morgan fingerprint density at radius 2 is 2.35 bits per heavy atom. The molecule has 6 heteroatoms. The molecule has 1 heterocycles. The maximum atomic E-state index is 11.2. The number of halogens is 1. The standard InChI is InChI=1S/C14H19ClN2O3/c1-9(10-3-4-10)17(5-6-20-2)13-7-11(14(18)19)12(15)8-16-13/h7-10H,3-6H2,1-2H3,(H,18,19). The minimum atomic E-state index is -1.04. The van der Waals surface area contributed by atoms with Crippen molar-refractivity contribution in [2.24, 2.45) is 5.92 Å². The molecular formula is C14H19ClN2O3. The van der Waals surface area contributed by atoms with Gasteiger partial charge in [0.2, 0.25) is 0 Å². The number of aromatic carboxylic acids is 1. The van der Waals surface area contributed by atoms with Crippen molar-refractivity contribution < 1.29 is 14.6 Å². The summed E-state index contributed by atoms with van der Waals surface area (Å²) in [5, 5.41) is 9.31. The van der Waals surface area contributed by atoms with Gasteiger partial charge < -0.3 is 14.7 Å². The van der Waals surface area contributed by atoms with Gasteiger partial charge in [-0.1, -0.05) is 11.6 Å². The van der Waals surface area contributed by atoms with Crippen molar-refractivity contribution in [3.8, 4) is 0 Å². The van der Waals surface area contributed by atoms with Crippen LogP contribution in [0.15, 0.2) is 12.3 Å². The van der Waals surface area contributed by atoms with Crippen molar-refractivity contribution in [1.82, 2.24) is 4.98 Å². The molecule has 0 amide bonds. The molecule has 1 fully saturated rings. The first-order valence-electron chi connectivity index (χ1n) is 6.69. The molecule has 20 heavy (non-hydrogen) atoms. The third-order valence-corrected chi connectivity index (χ3v) is 4.00. The second-order valence-corrected chi connectivity index (χ2v) is 5.50. The van der Waals surface area contributed by atoms with Crippen LogP contribution in [0.5, 0.6) is 0 Å². The normalized spacial score (nSPS) is 15.9. The van der Waals surface area contributed by atoms with Crippen molar-refractivity contribution in [3.05, 3.63) is 22.8 Å². The zero-order valence-electron chi connectivity index (χ0n) is 11.7. The summed E-state index contributed by atoms with van der Waals surface area (Å²) < 4.78 is 5.13. The van der Waals surface area contributed by atoms with Crippen LogP contribution in [0, 0.1) is 5.92 Å². The Labute approximate surface area is 123 Å². The summed E-state index contributed by atoms with van der Waals surface area (Å²) in [6.07, 6.45) is 3.83. The first kappa shape index (κ1) is 15.1. The first-order valence-corrected chi connectivity index (χ1v) is 7.06. The highest BCUT2D eigenvalue weighted by Crippen LogP contribution is 2.36. The van der Waals surface area contributed by atoms with Crippen molar-refractivity contribution in [2.75, 3.05) is 25.2 Å². The Bertz CT molecular complexity index is 491. The quantitative estimate of drug-likeness (QED) is 0.838. The van der Waals surface area contributed by atoms with Crippen molar-refractivity contribution in [3.63, 3.8) is 0 Å². The predicted octanol–water partition coefficient (Wildman–Crippen LogP) is 2.68. The second kappa shape index (κ2) is 6.41. The molecule has 110 valence electrons.